The van der Waals surface area contributed by atoms with Crippen LogP contribution in [0.1, 0.15) is 18.9 Å². The predicted octanol–water partition coefficient (Wildman–Crippen LogP) is 2.84. The van der Waals surface area contributed by atoms with Crippen molar-refractivity contribution in [3.63, 3.8) is 0 Å². The molecule has 0 aliphatic rings. The molecule has 0 atom stereocenters. The molecule has 1 aromatic carbocycles. The van der Waals surface area contributed by atoms with Gasteiger partial charge in [0, 0.05) is 12.4 Å². The van der Waals surface area contributed by atoms with Gasteiger partial charge in [-0.1, -0.05) is 24.3 Å². The lowest BCUT2D eigenvalue weighted by Crippen LogP contribution is -2.01. The molecule has 4 heteroatoms. The van der Waals surface area contributed by atoms with Gasteiger partial charge in [0.2, 0.25) is 0 Å². The number of hydrogen-bond acceptors (Lipinski definition) is 3. The van der Waals surface area contributed by atoms with Gasteiger partial charge in [-0.05, 0) is 30.7 Å². The molecule has 0 aliphatic heterocycles. The van der Waals surface area contributed by atoms with E-state index in [0.29, 0.717) is 13.0 Å². The van der Waals surface area contributed by atoms with E-state index < -0.39 is 0 Å². The summed E-state index contributed by atoms with van der Waals surface area (Å²) in [6.07, 6.45) is 7.65. The van der Waals surface area contributed by atoms with Crippen LogP contribution in [0.25, 0.3) is 11.8 Å². The molecule has 0 N–H and O–H groups in total. The Balaban J connectivity index is 1.95. The molecular weight excluding hydrogens is 240 g/mol. The lowest BCUT2D eigenvalue weighted by atomic mass is 10.2. The first-order chi connectivity index (χ1) is 9.29. The van der Waals surface area contributed by atoms with Crippen LogP contribution in [0, 0.1) is 0 Å². The van der Waals surface area contributed by atoms with Crippen molar-refractivity contribution in [3.05, 3.63) is 54.4 Å². The van der Waals surface area contributed by atoms with Crippen molar-refractivity contribution in [2.24, 2.45) is 0 Å². The third kappa shape index (κ3) is 3.81. The highest BCUT2D eigenvalue weighted by Crippen LogP contribution is 2.10. The van der Waals surface area contributed by atoms with Gasteiger partial charge in [-0.15, -0.1) is 0 Å². The zero-order valence-electron chi connectivity index (χ0n) is 10.8. The van der Waals surface area contributed by atoms with Gasteiger partial charge >= 0.3 is 5.97 Å². The normalized spacial score (nSPS) is 10.8. The van der Waals surface area contributed by atoms with Crippen LogP contribution < -0.4 is 0 Å². The Kier molecular flexibility index (Phi) is 4.50. The molecule has 0 fully saturated rings. The smallest absolute Gasteiger partial charge is 0.309 e. The van der Waals surface area contributed by atoms with Crippen molar-refractivity contribution in [1.82, 2.24) is 9.78 Å². The molecule has 0 unspecified atom stereocenters. The number of carbonyl (C=O) groups excluding carboxylic acids is 1. The Morgan fingerprint density at radius 1 is 1.37 bits per heavy atom. The van der Waals surface area contributed by atoms with Crippen LogP contribution in [0.15, 0.2) is 48.8 Å². The Hall–Kier alpha value is -2.36. The van der Waals surface area contributed by atoms with Crippen LogP contribution >= 0.6 is 0 Å². The summed E-state index contributed by atoms with van der Waals surface area (Å²) in [7, 11) is 0. The van der Waals surface area contributed by atoms with Crippen molar-refractivity contribution < 1.29 is 9.53 Å². The van der Waals surface area contributed by atoms with Crippen molar-refractivity contribution in [3.8, 4) is 5.69 Å². The SMILES string of the molecule is CCOC(=O)CC=Cc1ccc(-n2cccn2)cc1. The topological polar surface area (TPSA) is 44.1 Å². The molecule has 19 heavy (non-hydrogen) atoms. The number of ether oxygens (including phenoxy) is 1. The minimum Gasteiger partial charge on any atom is -0.466 e. The van der Waals surface area contributed by atoms with E-state index >= 15 is 0 Å². The van der Waals surface area contributed by atoms with Gasteiger partial charge in [0.15, 0.2) is 0 Å². The van der Waals surface area contributed by atoms with Crippen LogP contribution in [0.2, 0.25) is 0 Å². The summed E-state index contributed by atoms with van der Waals surface area (Å²) >= 11 is 0. The Bertz CT molecular complexity index is 542. The Morgan fingerprint density at radius 2 is 2.16 bits per heavy atom. The molecule has 2 rings (SSSR count). The second-order valence-corrected chi connectivity index (χ2v) is 3.95. The largest absolute Gasteiger partial charge is 0.466 e. The number of rotatable bonds is 5. The first kappa shape index (κ1) is 13.1. The van der Waals surface area contributed by atoms with Crippen LogP contribution in [0.5, 0.6) is 0 Å². The quantitative estimate of drug-likeness (QED) is 0.773. The third-order valence-electron chi connectivity index (χ3n) is 2.56. The molecule has 0 bridgehead atoms. The fraction of sp³-hybridized carbons (Fsp3) is 0.200. The molecule has 0 amide bonds. The minimum absolute atomic E-state index is 0.202. The number of carbonyl (C=O) groups is 1. The molecule has 0 radical (unpaired) electrons. The van der Waals surface area contributed by atoms with Crippen LogP contribution in [-0.2, 0) is 9.53 Å². The third-order valence-corrected chi connectivity index (χ3v) is 2.56. The van der Waals surface area contributed by atoms with E-state index in [2.05, 4.69) is 5.10 Å². The minimum atomic E-state index is -0.202. The molecule has 4 nitrogen and oxygen atoms in total. The maximum atomic E-state index is 11.2. The average molecular weight is 256 g/mol. The molecule has 0 saturated heterocycles. The van der Waals surface area contributed by atoms with Gasteiger partial charge in [0.05, 0.1) is 18.7 Å². The van der Waals surface area contributed by atoms with Crippen molar-refractivity contribution in [2.45, 2.75) is 13.3 Å². The van der Waals surface area contributed by atoms with Crippen molar-refractivity contribution in [2.75, 3.05) is 6.61 Å². The summed E-state index contributed by atoms with van der Waals surface area (Å²) < 4.78 is 6.64. The molecule has 98 valence electrons. The molecule has 2 aromatic rings. The van der Waals surface area contributed by atoms with E-state index in [9.17, 15) is 4.79 Å². The van der Waals surface area contributed by atoms with E-state index in [1.54, 1.807) is 23.9 Å². The fourth-order valence-electron chi connectivity index (χ4n) is 1.67. The van der Waals surface area contributed by atoms with Crippen LogP contribution in [-0.4, -0.2) is 22.4 Å². The highest BCUT2D eigenvalue weighted by atomic mass is 16.5. The van der Waals surface area contributed by atoms with Crippen LogP contribution in [0.4, 0.5) is 0 Å². The summed E-state index contributed by atoms with van der Waals surface area (Å²) in [5, 5.41) is 4.16. The zero-order chi connectivity index (χ0) is 13.5. The molecular formula is C15H16N2O2. The molecule has 1 aromatic heterocycles. The van der Waals surface area contributed by atoms with E-state index in [-0.39, 0.29) is 5.97 Å². The maximum Gasteiger partial charge on any atom is 0.309 e. The average Bonchev–Trinajstić information content (AvgIpc) is 2.94. The van der Waals surface area contributed by atoms with E-state index in [1.165, 1.54) is 0 Å². The maximum absolute atomic E-state index is 11.2. The van der Waals surface area contributed by atoms with E-state index in [1.807, 2.05) is 42.6 Å². The zero-order valence-corrected chi connectivity index (χ0v) is 10.8. The first-order valence-corrected chi connectivity index (χ1v) is 6.22. The molecule has 0 saturated carbocycles. The standard InChI is InChI=1S/C15H16N2O2/c1-2-19-15(18)6-3-5-13-7-9-14(10-8-13)17-12-4-11-16-17/h3-5,7-12H,2,6H2,1H3. The summed E-state index contributed by atoms with van der Waals surface area (Å²) in [5.41, 5.74) is 2.05. The first-order valence-electron chi connectivity index (χ1n) is 6.22. The van der Waals surface area contributed by atoms with Gasteiger partial charge in [0.1, 0.15) is 0 Å². The van der Waals surface area contributed by atoms with E-state index in [4.69, 9.17) is 4.74 Å². The second-order valence-electron chi connectivity index (χ2n) is 3.95. The predicted molar refractivity (Wildman–Crippen MR) is 73.8 cm³/mol. The number of hydrogen-bond donors (Lipinski definition) is 0. The lowest BCUT2D eigenvalue weighted by molar-refractivity contribution is -0.142. The number of benzene rings is 1. The lowest BCUT2D eigenvalue weighted by Gasteiger charge is -2.01. The van der Waals surface area contributed by atoms with Gasteiger partial charge in [0.25, 0.3) is 0 Å². The highest BCUT2D eigenvalue weighted by molar-refractivity contribution is 5.72. The van der Waals surface area contributed by atoms with Crippen molar-refractivity contribution >= 4 is 12.0 Å². The second kappa shape index (κ2) is 6.54. The number of nitrogens with zero attached hydrogens (tertiary/aromatic N) is 2. The number of esters is 1. The molecule has 1 heterocycles. The highest BCUT2D eigenvalue weighted by Gasteiger charge is 1.97. The Morgan fingerprint density at radius 3 is 2.79 bits per heavy atom. The van der Waals surface area contributed by atoms with Gasteiger partial charge in [-0.3, -0.25) is 4.79 Å². The molecule has 0 spiro atoms. The summed E-state index contributed by atoms with van der Waals surface area (Å²) in [6.45, 7) is 2.22. The summed E-state index contributed by atoms with van der Waals surface area (Å²) in [4.78, 5) is 11.2. The van der Waals surface area contributed by atoms with Gasteiger partial charge < -0.3 is 4.74 Å². The van der Waals surface area contributed by atoms with Crippen molar-refractivity contribution in [1.29, 1.82) is 0 Å². The summed E-state index contributed by atoms with van der Waals surface area (Å²) in [6, 6.07) is 9.82. The number of aromatic nitrogens is 2. The Labute approximate surface area is 112 Å². The monoisotopic (exact) mass is 256 g/mol. The van der Waals surface area contributed by atoms with E-state index in [0.717, 1.165) is 11.3 Å². The molecule has 0 aliphatic carbocycles. The van der Waals surface area contributed by atoms with Gasteiger partial charge in [-0.2, -0.15) is 5.10 Å². The van der Waals surface area contributed by atoms with Crippen LogP contribution in [0.3, 0.4) is 0 Å². The fourth-order valence-corrected chi connectivity index (χ4v) is 1.67. The van der Waals surface area contributed by atoms with Gasteiger partial charge in [-0.25, -0.2) is 4.68 Å². The summed E-state index contributed by atoms with van der Waals surface area (Å²) in [5.74, 6) is -0.202.